The molecule has 1 heterocycles. The molecule has 0 radical (unpaired) electrons. The fraction of sp³-hybridized carbons (Fsp3) is 0.600. The molecule has 0 saturated heterocycles. The minimum absolute atomic E-state index is 0.124. The Morgan fingerprint density at radius 3 is 2.73 bits per heavy atom. The summed E-state index contributed by atoms with van der Waals surface area (Å²) in [5, 5.41) is 11.2. The maximum atomic E-state index is 9.11. The number of thiophene rings is 1. The van der Waals surface area contributed by atoms with Gasteiger partial charge in [0, 0.05) is 27.3 Å². The summed E-state index contributed by atoms with van der Waals surface area (Å²) in [7, 11) is 1.99. The number of nitrogens with zero attached hydrogens (tertiary/aromatic N) is 1. The van der Waals surface area contributed by atoms with Crippen molar-refractivity contribution in [2.75, 3.05) is 20.2 Å². The monoisotopic (exact) mass is 292 g/mol. The van der Waals surface area contributed by atoms with E-state index in [4.69, 9.17) is 10.8 Å². The number of aliphatic hydroxyl groups excluding tert-OH is 1. The molecular formula is C10H17BrN2OS. The maximum absolute atomic E-state index is 9.11. The highest BCUT2D eigenvalue weighted by atomic mass is 79.9. The van der Waals surface area contributed by atoms with E-state index in [0.717, 1.165) is 4.47 Å². The molecule has 1 aromatic heterocycles. The van der Waals surface area contributed by atoms with Crippen molar-refractivity contribution in [3.05, 3.63) is 20.8 Å². The molecule has 2 unspecified atom stereocenters. The standard InChI is InChI=1S/C10H17BrN2OS/c1-7(5-14)13(2)9(4-12)10-3-8(11)6-15-10/h3,6-7,9,14H,4-5,12H2,1-2H3. The Bertz CT molecular complexity index is 305. The minimum Gasteiger partial charge on any atom is -0.395 e. The van der Waals surface area contributed by atoms with Crippen LogP contribution in [0.5, 0.6) is 0 Å². The van der Waals surface area contributed by atoms with E-state index in [2.05, 4.69) is 32.3 Å². The summed E-state index contributed by atoms with van der Waals surface area (Å²) in [5.74, 6) is 0. The molecule has 2 atom stereocenters. The van der Waals surface area contributed by atoms with Crippen molar-refractivity contribution < 1.29 is 5.11 Å². The second-order valence-corrected chi connectivity index (χ2v) is 5.47. The first-order chi connectivity index (χ1) is 7.10. The molecular weight excluding hydrogens is 276 g/mol. The van der Waals surface area contributed by atoms with Crippen LogP contribution in [-0.2, 0) is 0 Å². The molecule has 1 rings (SSSR count). The largest absolute Gasteiger partial charge is 0.395 e. The topological polar surface area (TPSA) is 49.5 Å². The van der Waals surface area contributed by atoms with Crippen LogP contribution in [0.2, 0.25) is 0 Å². The third kappa shape index (κ3) is 3.26. The summed E-state index contributed by atoms with van der Waals surface area (Å²) in [6.07, 6.45) is 0. The second-order valence-electron chi connectivity index (χ2n) is 3.62. The van der Waals surface area contributed by atoms with E-state index in [1.165, 1.54) is 4.88 Å². The van der Waals surface area contributed by atoms with Gasteiger partial charge in [0.15, 0.2) is 0 Å². The number of halogens is 1. The molecule has 3 nitrogen and oxygen atoms in total. The SMILES string of the molecule is CC(CO)N(C)C(CN)c1cc(Br)cs1. The van der Waals surface area contributed by atoms with Crippen molar-refractivity contribution in [1.82, 2.24) is 4.90 Å². The van der Waals surface area contributed by atoms with E-state index in [9.17, 15) is 0 Å². The van der Waals surface area contributed by atoms with Crippen molar-refractivity contribution in [3.8, 4) is 0 Å². The highest BCUT2D eigenvalue weighted by Crippen LogP contribution is 2.29. The van der Waals surface area contributed by atoms with E-state index in [1.54, 1.807) is 11.3 Å². The third-order valence-electron chi connectivity index (χ3n) is 2.59. The van der Waals surface area contributed by atoms with Gasteiger partial charge in [-0.15, -0.1) is 11.3 Å². The Balaban J connectivity index is 2.79. The van der Waals surface area contributed by atoms with Crippen LogP contribution < -0.4 is 5.73 Å². The summed E-state index contributed by atoms with van der Waals surface area (Å²) in [6.45, 7) is 2.71. The number of likely N-dealkylation sites (N-methyl/N-ethyl adjacent to an activating group) is 1. The normalized spacial score (nSPS) is 15.6. The van der Waals surface area contributed by atoms with Crippen LogP contribution in [0, 0.1) is 0 Å². The predicted octanol–water partition coefficient (Wildman–Crippen LogP) is 1.82. The lowest BCUT2D eigenvalue weighted by atomic mass is 10.1. The number of hydrogen-bond acceptors (Lipinski definition) is 4. The smallest absolute Gasteiger partial charge is 0.0584 e. The summed E-state index contributed by atoms with van der Waals surface area (Å²) in [5.41, 5.74) is 5.78. The quantitative estimate of drug-likeness (QED) is 0.870. The van der Waals surface area contributed by atoms with Crippen LogP contribution in [-0.4, -0.2) is 36.2 Å². The lowest BCUT2D eigenvalue weighted by molar-refractivity contribution is 0.124. The summed E-state index contributed by atoms with van der Waals surface area (Å²) in [6, 6.07) is 2.39. The molecule has 0 amide bonds. The molecule has 0 bridgehead atoms. The highest BCUT2D eigenvalue weighted by Gasteiger charge is 2.20. The fourth-order valence-electron chi connectivity index (χ4n) is 1.42. The van der Waals surface area contributed by atoms with Crippen LogP contribution >= 0.6 is 27.3 Å². The van der Waals surface area contributed by atoms with Crippen LogP contribution in [0.25, 0.3) is 0 Å². The molecule has 86 valence electrons. The van der Waals surface area contributed by atoms with E-state index in [1.807, 2.05) is 14.0 Å². The molecule has 0 spiro atoms. The number of aliphatic hydroxyl groups is 1. The van der Waals surface area contributed by atoms with Gasteiger partial charge in [0.25, 0.3) is 0 Å². The van der Waals surface area contributed by atoms with Crippen LogP contribution in [0.4, 0.5) is 0 Å². The predicted molar refractivity (Wildman–Crippen MR) is 68.1 cm³/mol. The number of rotatable bonds is 5. The van der Waals surface area contributed by atoms with Gasteiger partial charge in [-0.25, -0.2) is 0 Å². The average Bonchev–Trinajstić information content (AvgIpc) is 2.64. The Hall–Kier alpha value is 0.0600. The average molecular weight is 293 g/mol. The number of nitrogens with two attached hydrogens (primary N) is 1. The fourth-order valence-corrected chi connectivity index (χ4v) is 3.03. The van der Waals surface area contributed by atoms with Crippen molar-refractivity contribution >= 4 is 27.3 Å². The Morgan fingerprint density at radius 2 is 2.33 bits per heavy atom. The molecule has 5 heteroatoms. The maximum Gasteiger partial charge on any atom is 0.0584 e. The van der Waals surface area contributed by atoms with Crippen LogP contribution in [0.3, 0.4) is 0 Å². The van der Waals surface area contributed by atoms with Crippen LogP contribution in [0.1, 0.15) is 17.8 Å². The van der Waals surface area contributed by atoms with E-state index in [-0.39, 0.29) is 18.7 Å². The Labute approximate surface area is 103 Å². The molecule has 0 aliphatic rings. The Morgan fingerprint density at radius 1 is 1.67 bits per heavy atom. The van der Waals surface area contributed by atoms with Gasteiger partial charge in [-0.1, -0.05) is 0 Å². The van der Waals surface area contributed by atoms with Crippen molar-refractivity contribution in [1.29, 1.82) is 0 Å². The first-order valence-corrected chi connectivity index (χ1v) is 6.54. The zero-order valence-electron chi connectivity index (χ0n) is 8.98. The van der Waals surface area contributed by atoms with Gasteiger partial charge in [-0.05, 0) is 36.0 Å². The van der Waals surface area contributed by atoms with Gasteiger partial charge in [0.2, 0.25) is 0 Å². The third-order valence-corrected chi connectivity index (χ3v) is 4.39. The number of hydrogen-bond donors (Lipinski definition) is 2. The second kappa shape index (κ2) is 5.96. The summed E-state index contributed by atoms with van der Waals surface area (Å²) in [4.78, 5) is 3.34. The molecule has 1 aromatic rings. The molecule has 0 aromatic carbocycles. The van der Waals surface area contributed by atoms with Crippen LogP contribution in [0.15, 0.2) is 15.9 Å². The van der Waals surface area contributed by atoms with Gasteiger partial charge < -0.3 is 10.8 Å². The summed E-state index contributed by atoms with van der Waals surface area (Å²) >= 11 is 5.12. The van der Waals surface area contributed by atoms with Crippen molar-refractivity contribution in [2.45, 2.75) is 19.0 Å². The van der Waals surface area contributed by atoms with Gasteiger partial charge >= 0.3 is 0 Å². The van der Waals surface area contributed by atoms with Crippen molar-refractivity contribution in [2.24, 2.45) is 5.73 Å². The van der Waals surface area contributed by atoms with E-state index < -0.39 is 0 Å². The van der Waals surface area contributed by atoms with E-state index in [0.29, 0.717) is 6.54 Å². The molecule has 0 aliphatic carbocycles. The first-order valence-electron chi connectivity index (χ1n) is 4.87. The molecule has 3 N–H and O–H groups in total. The molecule has 0 saturated carbocycles. The van der Waals surface area contributed by atoms with Crippen molar-refractivity contribution in [3.63, 3.8) is 0 Å². The lowest BCUT2D eigenvalue weighted by Gasteiger charge is -2.30. The van der Waals surface area contributed by atoms with Gasteiger partial charge in [0.1, 0.15) is 0 Å². The first kappa shape index (κ1) is 13.1. The molecule has 15 heavy (non-hydrogen) atoms. The zero-order valence-corrected chi connectivity index (χ0v) is 11.4. The van der Waals surface area contributed by atoms with Gasteiger partial charge in [-0.2, -0.15) is 0 Å². The van der Waals surface area contributed by atoms with Gasteiger partial charge in [-0.3, -0.25) is 4.90 Å². The minimum atomic E-state index is 0.124. The van der Waals surface area contributed by atoms with E-state index >= 15 is 0 Å². The molecule has 0 aliphatic heterocycles. The summed E-state index contributed by atoms with van der Waals surface area (Å²) < 4.78 is 1.09. The lowest BCUT2D eigenvalue weighted by Crippen LogP contribution is -2.38. The Kier molecular flexibility index (Phi) is 5.22. The highest BCUT2D eigenvalue weighted by molar-refractivity contribution is 9.10. The molecule has 0 fully saturated rings. The zero-order chi connectivity index (χ0) is 11.4. The van der Waals surface area contributed by atoms with Gasteiger partial charge in [0.05, 0.1) is 12.6 Å².